The number of unbranched alkanes of at least 4 members (excludes halogenated alkanes) is 1. The van der Waals surface area contributed by atoms with Gasteiger partial charge in [0.2, 0.25) is 5.91 Å². The molecule has 0 fully saturated rings. The number of nitrogens with one attached hydrogen (secondary N) is 3. The number of benzene rings is 2. The van der Waals surface area contributed by atoms with Gasteiger partial charge in [0.1, 0.15) is 28.1 Å². The Morgan fingerprint density at radius 1 is 0.951 bits per heavy atom. The van der Waals surface area contributed by atoms with Gasteiger partial charge in [0.05, 0.1) is 10.2 Å². The van der Waals surface area contributed by atoms with E-state index in [1.165, 1.54) is 23.5 Å². The zero-order chi connectivity index (χ0) is 30.4. The minimum Gasteiger partial charge on any atom is -0.444 e. The predicted molar refractivity (Wildman–Crippen MR) is 160 cm³/mol. The van der Waals surface area contributed by atoms with Gasteiger partial charge in [0.25, 0.3) is 0 Å². The molecule has 3 amide bonds. The Kier molecular flexibility index (Phi) is 10.3. The highest BCUT2D eigenvalue weighted by molar-refractivity contribution is 7.21. The van der Waals surface area contributed by atoms with E-state index in [1.54, 1.807) is 53.7 Å². The maximum Gasteiger partial charge on any atom is 0.408 e. The molecule has 0 radical (unpaired) electrons. The number of hydrogen-bond donors (Lipinski definition) is 3. The number of rotatable bonds is 9. The quantitative estimate of drug-likeness (QED) is 0.234. The molecule has 41 heavy (non-hydrogen) atoms. The van der Waals surface area contributed by atoms with Crippen molar-refractivity contribution in [2.45, 2.75) is 85.0 Å². The van der Waals surface area contributed by atoms with Crippen LogP contribution >= 0.6 is 11.3 Å². The van der Waals surface area contributed by atoms with Gasteiger partial charge in [-0.15, -0.1) is 11.3 Å². The SMILES string of the molecule is Cc1cc(-c2nc3cc(F)ccc3s2)ccc1NC(=O)C(CCCCNC(=O)OC(C)(C)C)NC(=O)OC(C)(C)C. The van der Waals surface area contributed by atoms with Gasteiger partial charge in [0.15, 0.2) is 0 Å². The van der Waals surface area contributed by atoms with E-state index in [1.807, 2.05) is 19.1 Å². The smallest absolute Gasteiger partial charge is 0.408 e. The molecule has 3 N–H and O–H groups in total. The Bertz CT molecular complexity index is 1390. The minimum atomic E-state index is -0.857. The molecule has 0 bridgehead atoms. The van der Waals surface area contributed by atoms with Crippen molar-refractivity contribution in [3.63, 3.8) is 0 Å². The van der Waals surface area contributed by atoms with Crippen LogP contribution in [0.3, 0.4) is 0 Å². The first-order valence-corrected chi connectivity index (χ1v) is 14.4. The topological polar surface area (TPSA) is 119 Å². The van der Waals surface area contributed by atoms with Crippen molar-refractivity contribution in [2.24, 2.45) is 0 Å². The molecule has 0 aliphatic rings. The number of thiazole rings is 1. The Morgan fingerprint density at radius 3 is 2.29 bits per heavy atom. The Balaban J connectivity index is 1.65. The van der Waals surface area contributed by atoms with E-state index in [4.69, 9.17) is 9.47 Å². The van der Waals surface area contributed by atoms with Crippen molar-refractivity contribution in [3.05, 3.63) is 47.8 Å². The number of amides is 3. The summed E-state index contributed by atoms with van der Waals surface area (Å²) < 4.78 is 25.1. The normalized spacial score (nSPS) is 12.5. The van der Waals surface area contributed by atoms with Gasteiger partial charge in [-0.25, -0.2) is 19.0 Å². The molecule has 0 saturated carbocycles. The molecule has 0 spiro atoms. The summed E-state index contributed by atoms with van der Waals surface area (Å²) in [5.41, 5.74) is 1.53. The van der Waals surface area contributed by atoms with E-state index in [0.29, 0.717) is 37.0 Å². The van der Waals surface area contributed by atoms with Crippen LogP contribution in [0.25, 0.3) is 20.8 Å². The number of fused-ring (bicyclic) bond motifs is 1. The highest BCUT2D eigenvalue weighted by Crippen LogP contribution is 2.32. The first kappa shape index (κ1) is 31.8. The van der Waals surface area contributed by atoms with Gasteiger partial charge >= 0.3 is 12.2 Å². The van der Waals surface area contributed by atoms with E-state index in [2.05, 4.69) is 20.9 Å². The van der Waals surface area contributed by atoms with Crippen LogP contribution < -0.4 is 16.0 Å². The molecule has 11 heteroatoms. The number of anilines is 1. The van der Waals surface area contributed by atoms with Gasteiger partial charge in [-0.2, -0.15) is 0 Å². The molecule has 1 atom stereocenters. The summed E-state index contributed by atoms with van der Waals surface area (Å²) in [6.07, 6.45) is 0.276. The van der Waals surface area contributed by atoms with E-state index >= 15 is 0 Å². The molecule has 2 aromatic carbocycles. The fourth-order valence-electron chi connectivity index (χ4n) is 3.88. The van der Waals surface area contributed by atoms with Crippen LogP contribution in [0.2, 0.25) is 0 Å². The van der Waals surface area contributed by atoms with Crippen molar-refractivity contribution < 1.29 is 28.2 Å². The molecule has 3 rings (SSSR count). The first-order chi connectivity index (χ1) is 19.1. The second-order valence-electron chi connectivity index (χ2n) is 11.8. The van der Waals surface area contributed by atoms with E-state index < -0.39 is 29.4 Å². The van der Waals surface area contributed by atoms with Crippen LogP contribution in [0, 0.1) is 12.7 Å². The average Bonchev–Trinajstić information content (AvgIpc) is 3.25. The molecule has 0 aliphatic heterocycles. The molecule has 1 aromatic heterocycles. The number of ether oxygens (including phenoxy) is 2. The summed E-state index contributed by atoms with van der Waals surface area (Å²) in [4.78, 5) is 42.2. The van der Waals surface area contributed by atoms with Crippen LogP contribution in [-0.2, 0) is 14.3 Å². The average molecular weight is 587 g/mol. The number of carbonyl (C=O) groups excluding carboxylic acids is 3. The zero-order valence-corrected chi connectivity index (χ0v) is 25.5. The highest BCUT2D eigenvalue weighted by atomic mass is 32.1. The van der Waals surface area contributed by atoms with Gasteiger partial charge in [0, 0.05) is 23.9 Å². The molecule has 9 nitrogen and oxygen atoms in total. The maximum absolute atomic E-state index is 13.6. The lowest BCUT2D eigenvalue weighted by Crippen LogP contribution is -2.46. The second kappa shape index (κ2) is 13.3. The fourth-order valence-corrected chi connectivity index (χ4v) is 4.82. The van der Waals surface area contributed by atoms with Crippen LogP contribution in [0.1, 0.15) is 66.4 Å². The van der Waals surface area contributed by atoms with Crippen LogP contribution in [0.5, 0.6) is 0 Å². The third-order valence-corrected chi connectivity index (χ3v) is 6.76. The molecule has 1 unspecified atom stereocenters. The first-order valence-electron chi connectivity index (χ1n) is 13.5. The number of nitrogens with zero attached hydrogens (tertiary/aromatic N) is 1. The molecule has 3 aromatic rings. The lowest BCUT2D eigenvalue weighted by molar-refractivity contribution is -0.118. The number of carbonyl (C=O) groups is 3. The highest BCUT2D eigenvalue weighted by Gasteiger charge is 2.25. The fraction of sp³-hybridized carbons (Fsp3) is 0.467. The van der Waals surface area contributed by atoms with Gasteiger partial charge < -0.3 is 25.4 Å². The molecule has 222 valence electrons. The lowest BCUT2D eigenvalue weighted by Gasteiger charge is -2.23. The summed E-state index contributed by atoms with van der Waals surface area (Å²) in [6, 6.07) is 9.20. The Hall–Kier alpha value is -3.73. The summed E-state index contributed by atoms with van der Waals surface area (Å²) in [5.74, 6) is -0.722. The third-order valence-electron chi connectivity index (χ3n) is 5.68. The lowest BCUT2D eigenvalue weighted by atomic mass is 10.1. The summed E-state index contributed by atoms with van der Waals surface area (Å²) in [6.45, 7) is 12.8. The molecular formula is C30H39FN4O5S. The summed E-state index contributed by atoms with van der Waals surface area (Å²) in [7, 11) is 0. The second-order valence-corrected chi connectivity index (χ2v) is 12.8. The van der Waals surface area contributed by atoms with Crippen LogP contribution in [0.4, 0.5) is 19.7 Å². The predicted octanol–water partition coefficient (Wildman–Crippen LogP) is 6.94. The van der Waals surface area contributed by atoms with Crippen molar-refractivity contribution in [1.29, 1.82) is 0 Å². The van der Waals surface area contributed by atoms with Crippen molar-refractivity contribution >= 4 is 45.3 Å². The third kappa shape index (κ3) is 10.3. The minimum absolute atomic E-state index is 0.334. The molecule has 0 aliphatic carbocycles. The Morgan fingerprint density at radius 2 is 1.63 bits per heavy atom. The maximum atomic E-state index is 13.6. The van der Waals surface area contributed by atoms with Gasteiger partial charge in [-0.3, -0.25) is 4.79 Å². The molecule has 1 heterocycles. The zero-order valence-electron chi connectivity index (χ0n) is 24.6. The molecular weight excluding hydrogens is 547 g/mol. The van der Waals surface area contributed by atoms with Gasteiger partial charge in [-0.05, 0) is 104 Å². The van der Waals surface area contributed by atoms with Crippen LogP contribution in [0.15, 0.2) is 36.4 Å². The standard InChI is InChI=1S/C30H39FN4O5S/c1-18-16-19(26-34-23-17-20(31)12-14-24(23)41-26)11-13-21(18)33-25(36)22(35-28(38)40-30(5,6)7)10-8-9-15-32-27(37)39-29(2,3)4/h11-14,16-17,22H,8-10,15H2,1-7H3,(H,32,37)(H,33,36)(H,35,38). The number of aryl methyl sites for hydroxylation is 1. The van der Waals surface area contributed by atoms with Crippen molar-refractivity contribution in [1.82, 2.24) is 15.6 Å². The number of halogens is 1. The monoisotopic (exact) mass is 586 g/mol. The summed E-state index contributed by atoms with van der Waals surface area (Å²) in [5, 5.41) is 9.03. The van der Waals surface area contributed by atoms with E-state index in [-0.39, 0.29) is 11.7 Å². The summed E-state index contributed by atoms with van der Waals surface area (Å²) >= 11 is 1.46. The van der Waals surface area contributed by atoms with Crippen molar-refractivity contribution in [3.8, 4) is 10.6 Å². The van der Waals surface area contributed by atoms with E-state index in [0.717, 1.165) is 20.8 Å². The van der Waals surface area contributed by atoms with E-state index in [9.17, 15) is 18.8 Å². The number of hydrogen-bond acceptors (Lipinski definition) is 7. The Labute approximate surface area is 244 Å². The number of alkyl carbamates (subject to hydrolysis) is 2. The largest absolute Gasteiger partial charge is 0.444 e. The molecule has 0 saturated heterocycles. The van der Waals surface area contributed by atoms with Gasteiger partial charge in [-0.1, -0.05) is 0 Å². The number of aromatic nitrogens is 1. The van der Waals surface area contributed by atoms with Crippen molar-refractivity contribution in [2.75, 3.05) is 11.9 Å². The van der Waals surface area contributed by atoms with Crippen LogP contribution in [-0.4, -0.2) is 46.9 Å².